The van der Waals surface area contributed by atoms with E-state index < -0.39 is 23.5 Å². The highest BCUT2D eigenvalue weighted by Crippen LogP contribution is 2.33. The van der Waals surface area contributed by atoms with Gasteiger partial charge in [-0.15, -0.1) is 0 Å². The van der Waals surface area contributed by atoms with E-state index in [-0.39, 0.29) is 6.04 Å². The molecule has 0 aromatic heterocycles. The molecule has 0 saturated carbocycles. The van der Waals surface area contributed by atoms with Crippen LogP contribution in [-0.2, 0) is 9.47 Å². The molecule has 0 radical (unpaired) electrons. The Bertz CT molecular complexity index is 536. The predicted octanol–water partition coefficient (Wildman–Crippen LogP) is 3.48. The van der Waals surface area contributed by atoms with E-state index in [9.17, 15) is 9.90 Å². The van der Waals surface area contributed by atoms with Crippen LogP contribution in [-0.4, -0.2) is 40.1 Å². The van der Waals surface area contributed by atoms with E-state index in [1.807, 2.05) is 65.0 Å². The third-order valence-corrected chi connectivity index (χ3v) is 3.84. The number of rotatable bonds is 3. The fourth-order valence-electron chi connectivity index (χ4n) is 2.81. The highest BCUT2D eigenvalue weighted by atomic mass is 16.6. The zero-order valence-electron chi connectivity index (χ0n) is 14.6. The van der Waals surface area contributed by atoms with Crippen LogP contribution < -0.4 is 0 Å². The number of aliphatic hydroxyl groups is 1. The highest BCUT2D eigenvalue weighted by Gasteiger charge is 2.46. The third-order valence-electron chi connectivity index (χ3n) is 3.84. The van der Waals surface area contributed by atoms with Gasteiger partial charge in [0.1, 0.15) is 11.3 Å². The molecular weight excluding hydrogens is 294 g/mol. The predicted molar refractivity (Wildman–Crippen MR) is 87.9 cm³/mol. The van der Waals surface area contributed by atoms with Crippen LogP contribution in [0.2, 0.25) is 0 Å². The normalized spacial score (nSPS) is 22.0. The largest absolute Gasteiger partial charge is 0.444 e. The van der Waals surface area contributed by atoms with E-state index >= 15 is 0 Å². The summed E-state index contributed by atoms with van der Waals surface area (Å²) in [7, 11) is 0. The van der Waals surface area contributed by atoms with Gasteiger partial charge in [-0.25, -0.2) is 4.79 Å². The molecule has 1 fully saturated rings. The van der Waals surface area contributed by atoms with Crippen molar-refractivity contribution in [3.05, 3.63) is 35.9 Å². The zero-order chi connectivity index (χ0) is 17.3. The molecule has 1 saturated heterocycles. The summed E-state index contributed by atoms with van der Waals surface area (Å²) in [6, 6.07) is 9.21. The molecule has 0 bridgehead atoms. The lowest BCUT2D eigenvalue weighted by Gasteiger charge is -2.35. The molecule has 0 spiro atoms. The van der Waals surface area contributed by atoms with Gasteiger partial charge in [-0.1, -0.05) is 30.3 Å². The second kappa shape index (κ2) is 6.49. The quantitative estimate of drug-likeness (QED) is 0.926. The zero-order valence-corrected chi connectivity index (χ0v) is 14.6. The Balaban J connectivity index is 2.12. The fraction of sp³-hybridized carbons (Fsp3) is 0.611. The van der Waals surface area contributed by atoms with Crippen molar-refractivity contribution in [3.63, 3.8) is 0 Å². The monoisotopic (exact) mass is 321 g/mol. The van der Waals surface area contributed by atoms with Crippen LogP contribution in [0.25, 0.3) is 0 Å². The molecule has 5 heteroatoms. The molecule has 1 unspecified atom stereocenters. The SMILES string of the molecule is CC(C)(C)OC(=O)N1C(C[C@H](O)c2ccccc2)COC1(C)C. The molecule has 1 aliphatic rings. The number of amides is 1. The Morgan fingerprint density at radius 1 is 1.39 bits per heavy atom. The van der Waals surface area contributed by atoms with Crippen molar-refractivity contribution in [2.75, 3.05) is 6.61 Å². The lowest BCUT2D eigenvalue weighted by atomic mass is 10.0. The van der Waals surface area contributed by atoms with Crippen molar-refractivity contribution in [3.8, 4) is 0 Å². The van der Waals surface area contributed by atoms with Gasteiger partial charge in [-0.05, 0) is 40.2 Å². The summed E-state index contributed by atoms with van der Waals surface area (Å²) in [6.45, 7) is 9.57. The van der Waals surface area contributed by atoms with Gasteiger partial charge in [0.2, 0.25) is 0 Å². The Kier molecular flexibility index (Phi) is 5.01. The lowest BCUT2D eigenvalue weighted by molar-refractivity contribution is -0.0637. The van der Waals surface area contributed by atoms with Gasteiger partial charge in [0.15, 0.2) is 0 Å². The minimum Gasteiger partial charge on any atom is -0.444 e. The van der Waals surface area contributed by atoms with Gasteiger partial charge in [0.05, 0.1) is 18.8 Å². The summed E-state index contributed by atoms with van der Waals surface area (Å²) in [5.74, 6) is 0. The summed E-state index contributed by atoms with van der Waals surface area (Å²) in [4.78, 5) is 14.1. The van der Waals surface area contributed by atoms with Crippen molar-refractivity contribution >= 4 is 6.09 Å². The number of carbonyl (C=O) groups is 1. The smallest absolute Gasteiger partial charge is 0.412 e. The van der Waals surface area contributed by atoms with E-state index in [1.165, 1.54) is 0 Å². The van der Waals surface area contributed by atoms with Crippen LogP contribution in [0.4, 0.5) is 4.79 Å². The molecule has 1 amide bonds. The van der Waals surface area contributed by atoms with Crippen molar-refractivity contribution in [1.29, 1.82) is 0 Å². The molecular formula is C18H27NO4. The standard InChI is InChI=1S/C18H27NO4/c1-17(2,3)23-16(21)19-14(12-22-18(19,4)5)11-15(20)13-9-7-6-8-10-13/h6-10,14-15,20H,11-12H2,1-5H3/t14?,15-/m0/s1. The Morgan fingerprint density at radius 3 is 2.57 bits per heavy atom. The third kappa shape index (κ3) is 4.45. The number of aliphatic hydroxyl groups excluding tert-OH is 1. The van der Waals surface area contributed by atoms with Crippen LogP contribution in [0.15, 0.2) is 30.3 Å². The topological polar surface area (TPSA) is 59.0 Å². The van der Waals surface area contributed by atoms with Crippen LogP contribution >= 0.6 is 0 Å². The fourth-order valence-corrected chi connectivity index (χ4v) is 2.81. The van der Waals surface area contributed by atoms with Crippen LogP contribution in [0, 0.1) is 0 Å². The molecule has 1 heterocycles. The second-order valence-electron chi connectivity index (χ2n) is 7.42. The molecule has 1 N–H and O–H groups in total. The van der Waals surface area contributed by atoms with E-state index in [4.69, 9.17) is 9.47 Å². The summed E-state index contributed by atoms with van der Waals surface area (Å²) in [5, 5.41) is 10.4. The van der Waals surface area contributed by atoms with Gasteiger partial charge < -0.3 is 14.6 Å². The maximum Gasteiger partial charge on any atom is 0.412 e. The first kappa shape index (κ1) is 17.8. The van der Waals surface area contributed by atoms with E-state index in [0.717, 1.165) is 5.56 Å². The molecule has 23 heavy (non-hydrogen) atoms. The number of benzene rings is 1. The van der Waals surface area contributed by atoms with E-state index in [0.29, 0.717) is 13.0 Å². The Labute approximate surface area is 138 Å². The Hall–Kier alpha value is -1.59. The van der Waals surface area contributed by atoms with E-state index in [1.54, 1.807) is 4.90 Å². The highest BCUT2D eigenvalue weighted by molar-refractivity contribution is 5.69. The maximum atomic E-state index is 12.5. The van der Waals surface area contributed by atoms with Crippen LogP contribution in [0.5, 0.6) is 0 Å². The van der Waals surface area contributed by atoms with Gasteiger partial charge in [-0.2, -0.15) is 0 Å². The van der Waals surface area contributed by atoms with Crippen LogP contribution in [0.1, 0.15) is 52.7 Å². The van der Waals surface area contributed by atoms with Gasteiger partial charge in [-0.3, -0.25) is 4.90 Å². The average molecular weight is 321 g/mol. The molecule has 1 aromatic rings. The first-order valence-electron chi connectivity index (χ1n) is 7.99. The van der Waals surface area contributed by atoms with Gasteiger partial charge in [0, 0.05) is 6.42 Å². The van der Waals surface area contributed by atoms with Crippen molar-refractivity contribution in [2.24, 2.45) is 0 Å². The first-order valence-corrected chi connectivity index (χ1v) is 7.99. The Morgan fingerprint density at radius 2 is 2.00 bits per heavy atom. The molecule has 2 rings (SSSR count). The van der Waals surface area contributed by atoms with Gasteiger partial charge >= 0.3 is 6.09 Å². The van der Waals surface area contributed by atoms with Crippen LogP contribution in [0.3, 0.4) is 0 Å². The summed E-state index contributed by atoms with van der Waals surface area (Å²) in [5.41, 5.74) is -0.483. The van der Waals surface area contributed by atoms with Gasteiger partial charge in [0.25, 0.3) is 0 Å². The minimum atomic E-state index is -0.747. The molecule has 2 atom stereocenters. The maximum absolute atomic E-state index is 12.5. The molecule has 128 valence electrons. The molecule has 5 nitrogen and oxygen atoms in total. The van der Waals surface area contributed by atoms with Crippen molar-refractivity contribution in [2.45, 2.75) is 64.5 Å². The van der Waals surface area contributed by atoms with Crippen molar-refractivity contribution < 1.29 is 19.4 Å². The number of nitrogens with zero attached hydrogens (tertiary/aromatic N) is 1. The summed E-state index contributed by atoms with van der Waals surface area (Å²) in [6.07, 6.45) is -0.652. The second-order valence-corrected chi connectivity index (χ2v) is 7.42. The number of ether oxygens (including phenoxy) is 2. The van der Waals surface area contributed by atoms with Crippen molar-refractivity contribution in [1.82, 2.24) is 4.90 Å². The molecule has 1 aromatic carbocycles. The number of hydrogen-bond donors (Lipinski definition) is 1. The number of hydrogen-bond acceptors (Lipinski definition) is 4. The average Bonchev–Trinajstić information content (AvgIpc) is 2.72. The molecule has 0 aliphatic carbocycles. The lowest BCUT2D eigenvalue weighted by Crippen LogP contribution is -2.50. The first-order chi connectivity index (χ1) is 10.6. The van der Waals surface area contributed by atoms with E-state index in [2.05, 4.69) is 0 Å². The molecule has 1 aliphatic heterocycles. The minimum absolute atomic E-state index is 0.227. The summed E-state index contributed by atoms with van der Waals surface area (Å²) < 4.78 is 11.3. The summed E-state index contributed by atoms with van der Waals surface area (Å²) >= 11 is 0. The number of carbonyl (C=O) groups excluding carboxylic acids is 1.